The first-order valence-corrected chi connectivity index (χ1v) is 8.44. The van der Waals surface area contributed by atoms with Gasteiger partial charge in [-0.2, -0.15) is 0 Å². The van der Waals surface area contributed by atoms with E-state index in [2.05, 4.69) is 25.2 Å². The molecule has 1 amide bonds. The van der Waals surface area contributed by atoms with Crippen molar-refractivity contribution in [2.24, 2.45) is 0 Å². The molecule has 0 saturated carbocycles. The summed E-state index contributed by atoms with van der Waals surface area (Å²) in [6.45, 7) is 6.17. The zero-order valence-corrected chi connectivity index (χ0v) is 14.9. The molecule has 3 rings (SSSR count). The van der Waals surface area contributed by atoms with Crippen LogP contribution in [0.1, 0.15) is 29.2 Å². The van der Waals surface area contributed by atoms with Gasteiger partial charge >= 0.3 is 0 Å². The second-order valence-electron chi connectivity index (χ2n) is 5.97. The third-order valence-electron chi connectivity index (χ3n) is 4.22. The van der Waals surface area contributed by atoms with Gasteiger partial charge < -0.3 is 5.32 Å². The number of rotatable bonds is 3. The highest BCUT2D eigenvalue weighted by Crippen LogP contribution is 2.27. The number of anilines is 1. The number of amides is 1. The fourth-order valence-electron chi connectivity index (χ4n) is 2.92. The zero-order chi connectivity index (χ0) is 17.3. The van der Waals surface area contributed by atoms with Crippen molar-refractivity contribution in [1.82, 2.24) is 5.32 Å². The number of thiocarbonyl (C=S) groups is 1. The molecule has 122 valence electrons. The first-order valence-electron chi connectivity index (χ1n) is 8.03. The molecule has 0 spiro atoms. The van der Waals surface area contributed by atoms with Gasteiger partial charge in [0.1, 0.15) is 5.70 Å². The Morgan fingerprint density at radius 3 is 2.62 bits per heavy atom. The van der Waals surface area contributed by atoms with Crippen LogP contribution in [0, 0.1) is 13.8 Å². The smallest absolute Gasteiger partial charge is 0.281 e. The van der Waals surface area contributed by atoms with Gasteiger partial charge in [0.2, 0.25) is 0 Å². The van der Waals surface area contributed by atoms with E-state index in [9.17, 15) is 4.79 Å². The van der Waals surface area contributed by atoms with Crippen molar-refractivity contribution >= 4 is 35.0 Å². The van der Waals surface area contributed by atoms with E-state index in [1.807, 2.05) is 49.4 Å². The second kappa shape index (κ2) is 6.57. The van der Waals surface area contributed by atoms with Crippen LogP contribution in [0.4, 0.5) is 5.69 Å². The average Bonchev–Trinajstić information content (AvgIpc) is 2.84. The maximum Gasteiger partial charge on any atom is 0.281 e. The monoisotopic (exact) mass is 336 g/mol. The van der Waals surface area contributed by atoms with Gasteiger partial charge in [-0.3, -0.25) is 9.69 Å². The van der Waals surface area contributed by atoms with Crippen molar-refractivity contribution in [2.75, 3.05) is 4.90 Å². The van der Waals surface area contributed by atoms with Crippen LogP contribution in [0.15, 0.2) is 48.2 Å². The molecule has 1 aliphatic rings. The second-order valence-corrected chi connectivity index (χ2v) is 6.36. The Hall–Kier alpha value is -2.46. The Morgan fingerprint density at radius 2 is 1.92 bits per heavy atom. The number of aryl methyl sites for hydroxylation is 3. The van der Waals surface area contributed by atoms with Gasteiger partial charge in [-0.15, -0.1) is 0 Å². The lowest BCUT2D eigenvalue weighted by molar-refractivity contribution is -0.113. The van der Waals surface area contributed by atoms with Crippen LogP contribution in [-0.4, -0.2) is 11.0 Å². The summed E-state index contributed by atoms with van der Waals surface area (Å²) < 4.78 is 0. The lowest BCUT2D eigenvalue weighted by Gasteiger charge is -2.17. The fourth-order valence-corrected chi connectivity index (χ4v) is 3.22. The Bertz CT molecular complexity index is 854. The Balaban J connectivity index is 1.99. The summed E-state index contributed by atoms with van der Waals surface area (Å²) in [5.74, 6) is -0.110. The number of hydrogen-bond acceptors (Lipinski definition) is 2. The highest BCUT2D eigenvalue weighted by Gasteiger charge is 2.32. The van der Waals surface area contributed by atoms with Crippen LogP contribution in [0.25, 0.3) is 6.08 Å². The van der Waals surface area contributed by atoms with Gasteiger partial charge in [0, 0.05) is 0 Å². The summed E-state index contributed by atoms with van der Waals surface area (Å²) in [4.78, 5) is 14.5. The molecular formula is C20H20N2OS. The van der Waals surface area contributed by atoms with Crippen molar-refractivity contribution in [1.29, 1.82) is 0 Å². The van der Waals surface area contributed by atoms with E-state index < -0.39 is 0 Å². The maximum atomic E-state index is 12.9. The highest BCUT2D eigenvalue weighted by molar-refractivity contribution is 7.80. The van der Waals surface area contributed by atoms with Crippen LogP contribution in [0.2, 0.25) is 0 Å². The van der Waals surface area contributed by atoms with Crippen LogP contribution >= 0.6 is 12.2 Å². The number of carbonyl (C=O) groups is 1. The predicted molar refractivity (Wildman–Crippen MR) is 103 cm³/mol. The van der Waals surface area contributed by atoms with Crippen molar-refractivity contribution in [2.45, 2.75) is 27.2 Å². The van der Waals surface area contributed by atoms with E-state index in [1.165, 1.54) is 5.56 Å². The molecule has 3 nitrogen and oxygen atoms in total. The highest BCUT2D eigenvalue weighted by atomic mass is 32.1. The minimum absolute atomic E-state index is 0.110. The minimum atomic E-state index is -0.110. The van der Waals surface area contributed by atoms with E-state index in [0.29, 0.717) is 10.8 Å². The van der Waals surface area contributed by atoms with E-state index in [0.717, 1.165) is 28.8 Å². The minimum Gasteiger partial charge on any atom is -0.327 e. The van der Waals surface area contributed by atoms with Crippen LogP contribution < -0.4 is 10.2 Å². The number of carbonyl (C=O) groups excluding carboxylic acids is 1. The first-order chi connectivity index (χ1) is 11.5. The molecule has 0 aliphatic carbocycles. The van der Waals surface area contributed by atoms with Gasteiger partial charge in [0.25, 0.3) is 5.91 Å². The topological polar surface area (TPSA) is 32.3 Å². The summed E-state index contributed by atoms with van der Waals surface area (Å²) in [6.07, 6.45) is 2.72. The fraction of sp³-hybridized carbons (Fsp3) is 0.200. The van der Waals surface area contributed by atoms with Crippen molar-refractivity contribution in [3.8, 4) is 0 Å². The molecule has 24 heavy (non-hydrogen) atoms. The molecule has 2 aromatic rings. The van der Waals surface area contributed by atoms with E-state index in [-0.39, 0.29) is 5.91 Å². The van der Waals surface area contributed by atoms with Crippen LogP contribution in [0.5, 0.6) is 0 Å². The summed E-state index contributed by atoms with van der Waals surface area (Å²) in [5, 5.41) is 3.49. The Labute approximate surface area is 148 Å². The SMILES string of the molecule is CCc1ccccc1N1C(=O)/C(=C\c2ccc(C)cc2C)NC1=S. The number of benzene rings is 2. The van der Waals surface area contributed by atoms with Crippen molar-refractivity contribution in [3.63, 3.8) is 0 Å². The molecule has 0 aromatic heterocycles. The summed E-state index contributed by atoms with van der Waals surface area (Å²) in [6, 6.07) is 14.0. The summed E-state index contributed by atoms with van der Waals surface area (Å²) in [5.41, 5.74) is 5.82. The maximum absolute atomic E-state index is 12.9. The summed E-state index contributed by atoms with van der Waals surface area (Å²) in [7, 11) is 0. The molecular weight excluding hydrogens is 316 g/mol. The van der Waals surface area contributed by atoms with Crippen molar-refractivity contribution in [3.05, 3.63) is 70.4 Å². The number of para-hydroxylation sites is 1. The predicted octanol–water partition coefficient (Wildman–Crippen LogP) is 4.13. The van der Waals surface area contributed by atoms with E-state index in [4.69, 9.17) is 12.2 Å². The standard InChI is InChI=1S/C20H20N2OS/c1-4-15-7-5-6-8-18(15)22-19(23)17(21-20(22)24)12-16-10-9-13(2)11-14(16)3/h5-12H,4H2,1-3H3,(H,21,24)/b17-12+. The van der Waals surface area contributed by atoms with Gasteiger partial charge in [0.05, 0.1) is 5.69 Å². The van der Waals surface area contributed by atoms with Crippen molar-refractivity contribution < 1.29 is 4.79 Å². The quantitative estimate of drug-likeness (QED) is 0.676. The lowest BCUT2D eigenvalue weighted by Crippen LogP contribution is -2.31. The molecule has 1 saturated heterocycles. The van der Waals surface area contributed by atoms with Gasteiger partial charge in [-0.1, -0.05) is 48.9 Å². The van der Waals surface area contributed by atoms with E-state index >= 15 is 0 Å². The molecule has 1 aliphatic heterocycles. The van der Waals surface area contributed by atoms with E-state index in [1.54, 1.807) is 4.90 Å². The normalized spacial score (nSPS) is 16.0. The average molecular weight is 336 g/mol. The zero-order valence-electron chi connectivity index (χ0n) is 14.1. The molecule has 4 heteroatoms. The van der Waals surface area contributed by atoms with Gasteiger partial charge in [0.15, 0.2) is 5.11 Å². The first kappa shape index (κ1) is 16.4. The molecule has 0 bridgehead atoms. The summed E-state index contributed by atoms with van der Waals surface area (Å²) >= 11 is 5.41. The largest absolute Gasteiger partial charge is 0.327 e. The molecule has 1 fully saturated rings. The number of nitrogens with one attached hydrogen (secondary N) is 1. The Kier molecular flexibility index (Phi) is 4.49. The molecule has 0 radical (unpaired) electrons. The van der Waals surface area contributed by atoms with Gasteiger partial charge in [-0.05, 0) is 61.3 Å². The lowest BCUT2D eigenvalue weighted by atomic mass is 10.0. The molecule has 0 unspecified atom stereocenters. The number of nitrogens with zero attached hydrogens (tertiary/aromatic N) is 1. The molecule has 0 atom stereocenters. The number of hydrogen-bond donors (Lipinski definition) is 1. The third-order valence-corrected chi connectivity index (χ3v) is 4.50. The van der Waals surface area contributed by atoms with Crippen LogP contribution in [-0.2, 0) is 11.2 Å². The molecule has 1 heterocycles. The molecule has 1 N–H and O–H groups in total. The third kappa shape index (κ3) is 2.97. The molecule has 2 aromatic carbocycles. The Morgan fingerprint density at radius 1 is 1.17 bits per heavy atom. The van der Waals surface area contributed by atoms with Crippen LogP contribution in [0.3, 0.4) is 0 Å². The van der Waals surface area contributed by atoms with Gasteiger partial charge in [-0.25, -0.2) is 0 Å².